The second-order valence-electron chi connectivity index (χ2n) is 5.50. The molecule has 120 valence electrons. The first-order valence-corrected chi connectivity index (χ1v) is 8.05. The van der Waals surface area contributed by atoms with Crippen LogP contribution in [0.3, 0.4) is 0 Å². The fraction of sp³-hybridized carbons (Fsp3) is 0.353. The average Bonchev–Trinajstić information content (AvgIpc) is 2.58. The second-order valence-corrected chi connectivity index (χ2v) is 5.90. The molecule has 0 unspecified atom stereocenters. The molecule has 0 spiro atoms. The molecule has 6 heteroatoms. The van der Waals surface area contributed by atoms with E-state index in [2.05, 4.69) is 9.97 Å². The fourth-order valence-electron chi connectivity index (χ4n) is 2.63. The monoisotopic (exact) mass is 331 g/mol. The minimum Gasteiger partial charge on any atom is -0.460 e. The van der Waals surface area contributed by atoms with Crippen LogP contribution in [0.1, 0.15) is 18.4 Å². The molecule has 1 amide bonds. The van der Waals surface area contributed by atoms with Crippen LogP contribution in [-0.2, 0) is 11.2 Å². The molecule has 0 atom stereocenters. The fourth-order valence-corrected chi connectivity index (χ4v) is 2.84. The van der Waals surface area contributed by atoms with Crippen LogP contribution in [0.25, 0.3) is 0 Å². The molecule has 0 aliphatic carbocycles. The number of halogens is 1. The molecule has 5 nitrogen and oxygen atoms in total. The molecule has 0 N–H and O–H groups in total. The Hall–Kier alpha value is -2.14. The largest absolute Gasteiger partial charge is 0.460 e. The zero-order valence-electron chi connectivity index (χ0n) is 12.7. The molecule has 2 heterocycles. The van der Waals surface area contributed by atoms with E-state index in [4.69, 9.17) is 16.3 Å². The molecule has 1 aliphatic heterocycles. The number of hydrogen-bond acceptors (Lipinski definition) is 4. The summed E-state index contributed by atoms with van der Waals surface area (Å²) in [6.45, 7) is 1.36. The van der Waals surface area contributed by atoms with Crippen LogP contribution in [0.15, 0.2) is 42.7 Å². The average molecular weight is 332 g/mol. The van der Waals surface area contributed by atoms with Crippen molar-refractivity contribution in [2.24, 2.45) is 0 Å². The predicted molar refractivity (Wildman–Crippen MR) is 87.4 cm³/mol. The van der Waals surface area contributed by atoms with Crippen molar-refractivity contribution in [1.29, 1.82) is 0 Å². The molecule has 0 radical (unpaired) electrons. The van der Waals surface area contributed by atoms with Gasteiger partial charge in [-0.3, -0.25) is 4.79 Å². The summed E-state index contributed by atoms with van der Waals surface area (Å²) in [6, 6.07) is 9.61. The Kier molecular flexibility index (Phi) is 5.08. The number of nitrogens with zero attached hydrogens (tertiary/aromatic N) is 3. The summed E-state index contributed by atoms with van der Waals surface area (Å²) in [6.07, 6.45) is 5.28. The van der Waals surface area contributed by atoms with Crippen LogP contribution >= 0.6 is 11.6 Å². The lowest BCUT2D eigenvalue weighted by Gasteiger charge is -2.31. The summed E-state index contributed by atoms with van der Waals surface area (Å²) in [5.41, 5.74) is 0.871. The molecule has 3 rings (SSSR count). The molecule has 1 aliphatic rings. The number of ether oxygens (including phenoxy) is 1. The Morgan fingerprint density at radius 2 is 1.87 bits per heavy atom. The van der Waals surface area contributed by atoms with E-state index in [9.17, 15) is 4.79 Å². The molecule has 2 aromatic rings. The molecule has 23 heavy (non-hydrogen) atoms. The van der Waals surface area contributed by atoms with Gasteiger partial charge in [-0.25, -0.2) is 9.97 Å². The van der Waals surface area contributed by atoms with Gasteiger partial charge in [0.25, 0.3) is 0 Å². The van der Waals surface area contributed by atoms with Crippen molar-refractivity contribution in [2.45, 2.75) is 25.4 Å². The third-order valence-electron chi connectivity index (χ3n) is 3.91. The Labute approximate surface area is 140 Å². The quantitative estimate of drug-likeness (QED) is 0.864. The standard InChI is InChI=1S/C17H18ClN3O2/c18-15-5-2-1-4-13(15)12-16(22)21-10-6-14(7-11-21)23-17-19-8-3-9-20-17/h1-5,8-9,14H,6-7,10-12H2. The van der Waals surface area contributed by atoms with Gasteiger partial charge in [-0.15, -0.1) is 0 Å². The van der Waals surface area contributed by atoms with Crippen LogP contribution < -0.4 is 4.74 Å². The SMILES string of the molecule is O=C(Cc1ccccc1Cl)N1CCC(Oc2ncccn2)CC1. The van der Waals surface area contributed by atoms with E-state index >= 15 is 0 Å². The van der Waals surface area contributed by atoms with Gasteiger partial charge >= 0.3 is 6.01 Å². The minimum absolute atomic E-state index is 0.0572. The number of carbonyl (C=O) groups is 1. The van der Waals surface area contributed by atoms with Gasteiger partial charge < -0.3 is 9.64 Å². The summed E-state index contributed by atoms with van der Waals surface area (Å²) in [4.78, 5) is 22.4. The normalized spacial score (nSPS) is 15.4. The lowest BCUT2D eigenvalue weighted by atomic mass is 10.1. The van der Waals surface area contributed by atoms with Crippen molar-refractivity contribution in [3.05, 3.63) is 53.3 Å². The Bertz CT molecular complexity index is 658. The summed E-state index contributed by atoms with van der Waals surface area (Å²) < 4.78 is 5.74. The van der Waals surface area contributed by atoms with Gasteiger partial charge in [0, 0.05) is 43.3 Å². The zero-order valence-corrected chi connectivity index (χ0v) is 13.4. The number of hydrogen-bond donors (Lipinski definition) is 0. The zero-order chi connectivity index (χ0) is 16.1. The third kappa shape index (κ3) is 4.20. The summed E-state index contributed by atoms with van der Waals surface area (Å²) >= 11 is 6.12. The number of rotatable bonds is 4. The molecule has 1 aromatic heterocycles. The second kappa shape index (κ2) is 7.42. The molecule has 1 aromatic carbocycles. The van der Waals surface area contributed by atoms with E-state index in [0.717, 1.165) is 18.4 Å². The van der Waals surface area contributed by atoms with Gasteiger partial charge in [0.2, 0.25) is 5.91 Å². The van der Waals surface area contributed by atoms with Gasteiger partial charge in [0.15, 0.2) is 0 Å². The molecular weight excluding hydrogens is 314 g/mol. The first-order chi connectivity index (χ1) is 11.2. The van der Waals surface area contributed by atoms with Gasteiger partial charge in [0.1, 0.15) is 6.10 Å². The van der Waals surface area contributed by atoms with E-state index in [1.54, 1.807) is 18.5 Å². The third-order valence-corrected chi connectivity index (χ3v) is 4.28. The highest BCUT2D eigenvalue weighted by atomic mass is 35.5. The van der Waals surface area contributed by atoms with E-state index in [-0.39, 0.29) is 12.0 Å². The highest BCUT2D eigenvalue weighted by Crippen LogP contribution is 2.19. The van der Waals surface area contributed by atoms with Crippen molar-refractivity contribution in [2.75, 3.05) is 13.1 Å². The lowest BCUT2D eigenvalue weighted by Crippen LogP contribution is -2.42. The van der Waals surface area contributed by atoms with Crippen LogP contribution in [0, 0.1) is 0 Å². The molecular formula is C17H18ClN3O2. The van der Waals surface area contributed by atoms with Crippen molar-refractivity contribution < 1.29 is 9.53 Å². The lowest BCUT2D eigenvalue weighted by molar-refractivity contribution is -0.132. The maximum atomic E-state index is 12.4. The first-order valence-electron chi connectivity index (χ1n) is 7.67. The summed E-state index contributed by atoms with van der Waals surface area (Å²) in [5.74, 6) is 0.104. The molecule has 0 bridgehead atoms. The van der Waals surface area contributed by atoms with E-state index in [1.807, 2.05) is 29.2 Å². The smallest absolute Gasteiger partial charge is 0.316 e. The molecule has 1 fully saturated rings. The van der Waals surface area contributed by atoms with E-state index < -0.39 is 0 Å². The van der Waals surface area contributed by atoms with E-state index in [0.29, 0.717) is 30.5 Å². The van der Waals surface area contributed by atoms with Gasteiger partial charge in [-0.05, 0) is 17.7 Å². The number of benzene rings is 1. The van der Waals surface area contributed by atoms with Crippen LogP contribution in [-0.4, -0.2) is 40.0 Å². The molecule has 0 saturated carbocycles. The van der Waals surface area contributed by atoms with Crippen LogP contribution in [0.5, 0.6) is 6.01 Å². The number of piperidine rings is 1. The summed E-state index contributed by atoms with van der Waals surface area (Å²) in [5, 5.41) is 0.639. The Balaban J connectivity index is 1.50. The van der Waals surface area contributed by atoms with Crippen molar-refractivity contribution in [1.82, 2.24) is 14.9 Å². The van der Waals surface area contributed by atoms with Crippen molar-refractivity contribution >= 4 is 17.5 Å². The highest BCUT2D eigenvalue weighted by Gasteiger charge is 2.24. The maximum Gasteiger partial charge on any atom is 0.316 e. The Morgan fingerprint density at radius 3 is 2.57 bits per heavy atom. The number of aromatic nitrogens is 2. The van der Waals surface area contributed by atoms with Crippen molar-refractivity contribution in [3.63, 3.8) is 0 Å². The molecule has 1 saturated heterocycles. The van der Waals surface area contributed by atoms with E-state index in [1.165, 1.54) is 0 Å². The number of amides is 1. The van der Waals surface area contributed by atoms with Crippen LogP contribution in [0.2, 0.25) is 5.02 Å². The van der Waals surface area contributed by atoms with Crippen molar-refractivity contribution in [3.8, 4) is 6.01 Å². The predicted octanol–water partition coefficient (Wildman–Crippen LogP) is 2.74. The summed E-state index contributed by atoms with van der Waals surface area (Å²) in [7, 11) is 0. The minimum atomic E-state index is 0.0572. The van der Waals surface area contributed by atoms with Gasteiger partial charge in [-0.2, -0.15) is 0 Å². The highest BCUT2D eigenvalue weighted by molar-refractivity contribution is 6.31. The van der Waals surface area contributed by atoms with Gasteiger partial charge in [-0.1, -0.05) is 29.8 Å². The Morgan fingerprint density at radius 1 is 1.17 bits per heavy atom. The number of likely N-dealkylation sites (tertiary alicyclic amines) is 1. The van der Waals surface area contributed by atoms with Crippen LogP contribution in [0.4, 0.5) is 0 Å². The topological polar surface area (TPSA) is 55.3 Å². The first kappa shape index (κ1) is 15.7. The number of carbonyl (C=O) groups excluding carboxylic acids is 1. The maximum absolute atomic E-state index is 12.4. The van der Waals surface area contributed by atoms with Gasteiger partial charge in [0.05, 0.1) is 6.42 Å².